The van der Waals surface area contributed by atoms with Crippen molar-refractivity contribution in [2.24, 2.45) is 5.92 Å². The molecule has 1 fully saturated rings. The first-order valence-corrected chi connectivity index (χ1v) is 15.6. The van der Waals surface area contributed by atoms with Crippen molar-refractivity contribution in [2.45, 2.75) is 58.3 Å². The molecular weight excluding hydrogens is 586 g/mol. The lowest BCUT2D eigenvalue weighted by Crippen LogP contribution is -2.56. The second-order valence-corrected chi connectivity index (χ2v) is 12.0. The number of nitrogens with zero attached hydrogens (tertiary/aromatic N) is 4. The molecule has 1 aromatic heterocycles. The van der Waals surface area contributed by atoms with E-state index >= 15 is 0 Å². The number of aromatic nitrogens is 2. The van der Waals surface area contributed by atoms with Crippen LogP contribution >= 0.6 is 0 Å². The van der Waals surface area contributed by atoms with Crippen molar-refractivity contribution in [3.8, 4) is 11.4 Å². The van der Waals surface area contributed by atoms with Crippen molar-refractivity contribution >= 4 is 23.6 Å². The van der Waals surface area contributed by atoms with Gasteiger partial charge in [0.15, 0.2) is 0 Å². The highest BCUT2D eigenvalue weighted by atomic mass is 16.5. The summed E-state index contributed by atoms with van der Waals surface area (Å²) in [6.45, 7) is 6.37. The van der Waals surface area contributed by atoms with Gasteiger partial charge in [0.05, 0.1) is 20.2 Å². The number of ether oxygens (including phenoxy) is 1. The van der Waals surface area contributed by atoms with Crippen LogP contribution in [0.2, 0.25) is 0 Å². The summed E-state index contributed by atoms with van der Waals surface area (Å²) >= 11 is 0. The number of methoxy groups -OCH3 is 1. The van der Waals surface area contributed by atoms with Gasteiger partial charge in [0, 0.05) is 44.6 Å². The van der Waals surface area contributed by atoms with Crippen molar-refractivity contribution in [1.29, 1.82) is 0 Å². The van der Waals surface area contributed by atoms with E-state index in [0.29, 0.717) is 25.3 Å². The van der Waals surface area contributed by atoms with Gasteiger partial charge < -0.3 is 30.2 Å². The predicted molar refractivity (Wildman–Crippen MR) is 174 cm³/mol. The van der Waals surface area contributed by atoms with Crippen LogP contribution in [0.4, 0.5) is 0 Å². The van der Waals surface area contributed by atoms with Gasteiger partial charge in [-0.1, -0.05) is 44.2 Å². The van der Waals surface area contributed by atoms with Gasteiger partial charge in [-0.25, -0.2) is 4.98 Å². The molecule has 4 amide bonds. The van der Waals surface area contributed by atoms with E-state index in [9.17, 15) is 19.2 Å². The van der Waals surface area contributed by atoms with Crippen LogP contribution < -0.4 is 20.7 Å². The average Bonchev–Trinajstić information content (AvgIpc) is 3.50. The molecule has 2 aromatic carbocycles. The monoisotopic (exact) mass is 631 g/mol. The smallest absolute Gasteiger partial charge is 0.245 e. The summed E-state index contributed by atoms with van der Waals surface area (Å²) < 4.78 is 7.22. The number of carbonyl (C=O) groups is 4. The molecule has 0 radical (unpaired) electrons. The standard InChI is InChI=1S/C34H45N7O5/c1-23(2)19-29-34(45)39(4)24(3)32(43)38-28(20-25-9-7-6-8-10-25)33(44)36-15-17-40(22-31(42)37-29)21-30-35-16-18-41(30)26-11-13-27(46-5)14-12-26/h6-14,16,18,23-24,28-29H,15,17,19-22H2,1-5H3,(H,36,44)(H,37,42)(H,38,43)/t24-,28-,29-/m0/s1. The number of hydrogen-bond donors (Lipinski definition) is 3. The Hall–Kier alpha value is -4.71. The van der Waals surface area contributed by atoms with E-state index < -0.39 is 24.0 Å². The minimum atomic E-state index is -0.872. The topological polar surface area (TPSA) is 138 Å². The molecule has 3 atom stereocenters. The molecule has 3 aromatic rings. The van der Waals surface area contributed by atoms with Crippen LogP contribution in [0.25, 0.3) is 5.69 Å². The number of amides is 4. The zero-order chi connectivity index (χ0) is 33.2. The fourth-order valence-electron chi connectivity index (χ4n) is 5.40. The molecule has 3 N–H and O–H groups in total. The van der Waals surface area contributed by atoms with Gasteiger partial charge in [0.2, 0.25) is 23.6 Å². The maximum atomic E-state index is 13.7. The minimum Gasteiger partial charge on any atom is -0.497 e. The van der Waals surface area contributed by atoms with E-state index in [2.05, 4.69) is 20.9 Å². The van der Waals surface area contributed by atoms with Crippen molar-refractivity contribution in [1.82, 2.24) is 35.3 Å². The lowest BCUT2D eigenvalue weighted by atomic mass is 10.0. The lowest BCUT2D eigenvalue weighted by Gasteiger charge is -2.30. The number of carbonyl (C=O) groups excluding carboxylic acids is 4. The van der Waals surface area contributed by atoms with Gasteiger partial charge >= 0.3 is 0 Å². The Bertz CT molecular complexity index is 1470. The highest BCUT2D eigenvalue weighted by molar-refractivity contribution is 5.94. The molecule has 12 nitrogen and oxygen atoms in total. The molecule has 12 heteroatoms. The first-order chi connectivity index (χ1) is 22.0. The zero-order valence-corrected chi connectivity index (χ0v) is 27.2. The first kappa shape index (κ1) is 34.2. The molecule has 0 spiro atoms. The third-order valence-electron chi connectivity index (χ3n) is 8.09. The second kappa shape index (κ2) is 16.0. The van der Waals surface area contributed by atoms with Crippen LogP contribution in [0.15, 0.2) is 67.0 Å². The Kier molecular flexibility index (Phi) is 11.9. The summed E-state index contributed by atoms with van der Waals surface area (Å²) in [7, 11) is 3.15. The molecule has 1 aliphatic rings. The van der Waals surface area contributed by atoms with Gasteiger partial charge in [0.25, 0.3) is 0 Å². The van der Waals surface area contributed by atoms with Crippen LogP contribution in [0.1, 0.15) is 38.6 Å². The van der Waals surface area contributed by atoms with Crippen molar-refractivity contribution in [2.75, 3.05) is 33.8 Å². The quantitative estimate of drug-likeness (QED) is 0.346. The van der Waals surface area contributed by atoms with E-state index in [1.807, 2.05) is 84.1 Å². The predicted octanol–water partition coefficient (Wildman–Crippen LogP) is 1.92. The number of benzene rings is 2. The second-order valence-electron chi connectivity index (χ2n) is 12.0. The molecule has 0 aliphatic carbocycles. The summed E-state index contributed by atoms with van der Waals surface area (Å²) in [4.78, 5) is 61.7. The van der Waals surface area contributed by atoms with Gasteiger partial charge in [-0.15, -0.1) is 0 Å². The first-order valence-electron chi connectivity index (χ1n) is 15.6. The maximum Gasteiger partial charge on any atom is 0.245 e. The zero-order valence-electron chi connectivity index (χ0n) is 27.2. The molecule has 0 bridgehead atoms. The number of nitrogens with one attached hydrogen (secondary N) is 3. The molecule has 4 rings (SSSR count). The Morgan fingerprint density at radius 1 is 0.957 bits per heavy atom. The van der Waals surface area contributed by atoms with Crippen molar-refractivity contribution < 1.29 is 23.9 Å². The van der Waals surface area contributed by atoms with Gasteiger partial charge in [-0.3, -0.25) is 24.1 Å². The average molecular weight is 632 g/mol. The fourth-order valence-corrected chi connectivity index (χ4v) is 5.40. The molecule has 1 aliphatic heterocycles. The van der Waals surface area contributed by atoms with Crippen molar-refractivity contribution in [3.05, 3.63) is 78.4 Å². The molecule has 0 unspecified atom stereocenters. The number of imidazole rings is 1. The van der Waals surface area contributed by atoms with E-state index in [1.165, 1.54) is 4.90 Å². The van der Waals surface area contributed by atoms with Gasteiger partial charge in [-0.05, 0) is 49.1 Å². The highest BCUT2D eigenvalue weighted by Gasteiger charge is 2.32. The lowest BCUT2D eigenvalue weighted by molar-refractivity contribution is -0.142. The van der Waals surface area contributed by atoms with Crippen LogP contribution in [-0.4, -0.2) is 94.9 Å². The molecule has 46 heavy (non-hydrogen) atoms. The third-order valence-corrected chi connectivity index (χ3v) is 8.09. The SMILES string of the molecule is COc1ccc(-n2ccnc2CN2CCNC(=O)[C@H](Cc3ccccc3)NC(=O)[C@H](C)N(C)C(=O)[C@H](CC(C)C)NC(=O)C2)cc1. The summed E-state index contributed by atoms with van der Waals surface area (Å²) in [6, 6.07) is 14.5. The minimum absolute atomic E-state index is 0.0306. The summed E-state index contributed by atoms with van der Waals surface area (Å²) in [6.07, 6.45) is 4.22. The van der Waals surface area contributed by atoms with Crippen LogP contribution in [0.5, 0.6) is 5.75 Å². The summed E-state index contributed by atoms with van der Waals surface area (Å²) in [5.41, 5.74) is 1.76. The fraction of sp³-hybridized carbons (Fsp3) is 0.441. The van der Waals surface area contributed by atoms with Crippen LogP contribution in [-0.2, 0) is 32.1 Å². The van der Waals surface area contributed by atoms with E-state index in [0.717, 1.165) is 17.0 Å². The molecule has 246 valence electrons. The van der Waals surface area contributed by atoms with Crippen LogP contribution in [0, 0.1) is 5.92 Å². The molecule has 2 heterocycles. The van der Waals surface area contributed by atoms with Crippen LogP contribution in [0.3, 0.4) is 0 Å². The Morgan fingerprint density at radius 3 is 2.35 bits per heavy atom. The van der Waals surface area contributed by atoms with E-state index in [1.54, 1.807) is 27.3 Å². The number of likely N-dealkylation sites (N-methyl/N-ethyl adjacent to an activating group) is 1. The Labute approximate surface area is 270 Å². The summed E-state index contributed by atoms with van der Waals surface area (Å²) in [5, 5.41) is 8.73. The normalized spacial score (nSPS) is 20.8. The van der Waals surface area contributed by atoms with Gasteiger partial charge in [-0.2, -0.15) is 0 Å². The van der Waals surface area contributed by atoms with E-state index in [-0.39, 0.29) is 43.1 Å². The molecular formula is C34H45N7O5. The van der Waals surface area contributed by atoms with E-state index in [4.69, 9.17) is 4.74 Å². The molecule has 1 saturated heterocycles. The Morgan fingerprint density at radius 2 is 1.67 bits per heavy atom. The summed E-state index contributed by atoms with van der Waals surface area (Å²) in [5.74, 6) is 0.0217. The van der Waals surface area contributed by atoms with Crippen molar-refractivity contribution in [3.63, 3.8) is 0 Å². The van der Waals surface area contributed by atoms with Gasteiger partial charge in [0.1, 0.15) is 29.7 Å². The third kappa shape index (κ3) is 9.16. The molecule has 0 saturated carbocycles. The Balaban J connectivity index is 1.61. The number of hydrogen-bond acceptors (Lipinski definition) is 7. The number of rotatable bonds is 8. The maximum absolute atomic E-state index is 13.7. The largest absolute Gasteiger partial charge is 0.497 e. The highest BCUT2D eigenvalue weighted by Crippen LogP contribution is 2.17.